The molecule has 5 nitrogen and oxygen atoms in total. The molecular formula is C19H18ClNO4. The average Bonchev–Trinajstić information content (AvgIpc) is 3.19. The molecule has 0 unspecified atom stereocenters. The average molecular weight is 360 g/mol. The Hall–Kier alpha value is -2.08. The van der Waals surface area contributed by atoms with Crippen molar-refractivity contribution >= 4 is 23.2 Å². The van der Waals surface area contributed by atoms with E-state index in [1.165, 1.54) is 0 Å². The molecule has 0 bridgehead atoms. The third-order valence-corrected chi connectivity index (χ3v) is 4.74. The number of benzene rings is 2. The molecule has 6 heteroatoms. The number of halogens is 1. The molecule has 0 atom stereocenters. The van der Waals surface area contributed by atoms with Crippen molar-refractivity contribution in [3.05, 3.63) is 58.6 Å². The highest BCUT2D eigenvalue weighted by Gasteiger charge is 2.56. The van der Waals surface area contributed by atoms with Crippen LogP contribution in [0, 0.1) is 0 Å². The summed E-state index contributed by atoms with van der Waals surface area (Å²) in [6.07, 6.45) is 0. The first-order valence-corrected chi connectivity index (χ1v) is 8.64. The van der Waals surface area contributed by atoms with Gasteiger partial charge in [-0.15, -0.1) is 0 Å². The largest absolute Gasteiger partial charge is 0.494 e. The van der Waals surface area contributed by atoms with Crippen molar-refractivity contribution in [2.45, 2.75) is 19.3 Å². The summed E-state index contributed by atoms with van der Waals surface area (Å²) in [5, 5.41) is 0.496. The van der Waals surface area contributed by atoms with Crippen LogP contribution >= 0.6 is 11.6 Å². The number of nitrogens with zero attached hydrogens (tertiary/aromatic N) is 1. The third-order valence-electron chi connectivity index (χ3n) is 4.43. The number of para-hydroxylation sites is 2. The van der Waals surface area contributed by atoms with E-state index < -0.39 is 5.79 Å². The van der Waals surface area contributed by atoms with Crippen LogP contribution in [0.2, 0.25) is 5.02 Å². The Morgan fingerprint density at radius 2 is 1.92 bits per heavy atom. The second-order valence-electron chi connectivity index (χ2n) is 5.88. The molecule has 0 N–H and O–H groups in total. The predicted octanol–water partition coefficient (Wildman–Crippen LogP) is 3.49. The van der Waals surface area contributed by atoms with Crippen LogP contribution in [-0.4, -0.2) is 25.7 Å². The minimum Gasteiger partial charge on any atom is -0.494 e. The summed E-state index contributed by atoms with van der Waals surface area (Å²) in [6.45, 7) is 3.57. The number of ether oxygens (including phenoxy) is 3. The number of amides is 1. The van der Waals surface area contributed by atoms with E-state index in [0.717, 1.165) is 11.3 Å². The Labute approximate surface area is 151 Å². The van der Waals surface area contributed by atoms with Gasteiger partial charge < -0.3 is 19.1 Å². The monoisotopic (exact) mass is 359 g/mol. The molecule has 130 valence electrons. The van der Waals surface area contributed by atoms with Gasteiger partial charge in [0.1, 0.15) is 5.75 Å². The molecule has 0 radical (unpaired) electrons. The van der Waals surface area contributed by atoms with E-state index in [4.69, 9.17) is 25.8 Å². The van der Waals surface area contributed by atoms with Crippen LogP contribution in [0.1, 0.15) is 18.1 Å². The van der Waals surface area contributed by atoms with E-state index in [1.807, 2.05) is 37.3 Å². The predicted molar refractivity (Wildman–Crippen MR) is 93.8 cm³/mol. The van der Waals surface area contributed by atoms with Crippen molar-refractivity contribution < 1.29 is 19.0 Å². The van der Waals surface area contributed by atoms with Gasteiger partial charge in [0.25, 0.3) is 11.7 Å². The van der Waals surface area contributed by atoms with E-state index in [1.54, 1.807) is 17.0 Å². The molecule has 2 heterocycles. The normalized spacial score (nSPS) is 18.0. The van der Waals surface area contributed by atoms with Crippen LogP contribution in [-0.2, 0) is 26.6 Å². The van der Waals surface area contributed by atoms with Gasteiger partial charge >= 0.3 is 0 Å². The number of hydrogen-bond donors (Lipinski definition) is 0. The molecule has 0 aliphatic carbocycles. The molecular weight excluding hydrogens is 342 g/mol. The molecule has 1 spiro atoms. The fourth-order valence-electron chi connectivity index (χ4n) is 3.39. The quantitative estimate of drug-likeness (QED) is 0.838. The van der Waals surface area contributed by atoms with Gasteiger partial charge in [-0.2, -0.15) is 0 Å². The molecule has 2 aliphatic rings. The third kappa shape index (κ3) is 2.51. The molecule has 1 amide bonds. The smallest absolute Gasteiger partial charge is 0.292 e. The summed E-state index contributed by atoms with van der Waals surface area (Å²) in [7, 11) is 0. The number of carbonyl (C=O) groups excluding carboxylic acids is 1. The zero-order valence-corrected chi connectivity index (χ0v) is 14.6. The summed E-state index contributed by atoms with van der Waals surface area (Å²) >= 11 is 6.42. The van der Waals surface area contributed by atoms with Crippen molar-refractivity contribution in [3.63, 3.8) is 0 Å². The number of hydrogen-bond acceptors (Lipinski definition) is 4. The van der Waals surface area contributed by atoms with Crippen LogP contribution in [0.3, 0.4) is 0 Å². The Balaban J connectivity index is 1.78. The summed E-state index contributed by atoms with van der Waals surface area (Å²) in [5.74, 6) is -0.874. The lowest BCUT2D eigenvalue weighted by Crippen LogP contribution is -2.41. The fraction of sp³-hybridized carbons (Fsp3) is 0.316. The molecule has 0 aromatic heterocycles. The van der Waals surface area contributed by atoms with Gasteiger partial charge in [-0.1, -0.05) is 41.9 Å². The van der Waals surface area contributed by atoms with Crippen LogP contribution in [0.15, 0.2) is 42.5 Å². The van der Waals surface area contributed by atoms with Crippen molar-refractivity contribution in [2.75, 3.05) is 24.7 Å². The van der Waals surface area contributed by atoms with Gasteiger partial charge in [-0.05, 0) is 19.1 Å². The molecule has 1 fully saturated rings. The summed E-state index contributed by atoms with van der Waals surface area (Å²) < 4.78 is 17.2. The second kappa shape index (κ2) is 6.33. The standard InChI is InChI=1S/C19H18ClNO4/c1-2-23-16-9-4-3-6-13(16)12-21-17-14(7-5-8-15(17)20)19(18(21)22)24-10-11-25-19/h3-9H,2,10-12H2,1H3. The van der Waals surface area contributed by atoms with Crippen LogP contribution in [0.5, 0.6) is 5.75 Å². The van der Waals surface area contributed by atoms with E-state index >= 15 is 0 Å². The van der Waals surface area contributed by atoms with Gasteiger partial charge in [0.2, 0.25) is 0 Å². The first-order chi connectivity index (χ1) is 12.2. The maximum absolute atomic E-state index is 13.2. The molecule has 1 saturated heterocycles. The highest BCUT2D eigenvalue weighted by molar-refractivity contribution is 6.35. The van der Waals surface area contributed by atoms with Gasteiger partial charge in [-0.25, -0.2) is 0 Å². The van der Waals surface area contributed by atoms with E-state index in [-0.39, 0.29) is 5.91 Å². The van der Waals surface area contributed by atoms with Crippen LogP contribution < -0.4 is 9.64 Å². The summed E-state index contributed by atoms with van der Waals surface area (Å²) in [4.78, 5) is 14.8. The Morgan fingerprint density at radius 1 is 1.16 bits per heavy atom. The van der Waals surface area contributed by atoms with Crippen LogP contribution in [0.25, 0.3) is 0 Å². The minimum atomic E-state index is -1.37. The van der Waals surface area contributed by atoms with E-state index in [9.17, 15) is 4.79 Å². The minimum absolute atomic E-state index is 0.251. The van der Waals surface area contributed by atoms with E-state index in [2.05, 4.69) is 0 Å². The van der Waals surface area contributed by atoms with Crippen molar-refractivity contribution in [2.24, 2.45) is 0 Å². The lowest BCUT2D eigenvalue weighted by Gasteiger charge is -2.23. The van der Waals surface area contributed by atoms with Crippen molar-refractivity contribution in [1.29, 1.82) is 0 Å². The molecule has 2 aliphatic heterocycles. The molecule has 2 aromatic carbocycles. The summed E-state index contributed by atoms with van der Waals surface area (Å²) in [5.41, 5.74) is 2.21. The number of fused-ring (bicyclic) bond motifs is 2. The van der Waals surface area contributed by atoms with Gasteiger partial charge in [0, 0.05) is 11.1 Å². The molecule has 4 rings (SSSR count). The van der Waals surface area contributed by atoms with Crippen molar-refractivity contribution in [3.8, 4) is 5.75 Å². The molecule has 0 saturated carbocycles. The van der Waals surface area contributed by atoms with Crippen molar-refractivity contribution in [1.82, 2.24) is 0 Å². The molecule has 2 aromatic rings. The lowest BCUT2D eigenvalue weighted by atomic mass is 10.1. The Bertz CT molecular complexity index is 817. The first-order valence-electron chi connectivity index (χ1n) is 8.27. The highest BCUT2D eigenvalue weighted by Crippen LogP contribution is 2.49. The lowest BCUT2D eigenvalue weighted by molar-refractivity contribution is -0.180. The number of rotatable bonds is 4. The maximum atomic E-state index is 13.2. The van der Waals surface area contributed by atoms with E-state index in [0.29, 0.717) is 42.6 Å². The topological polar surface area (TPSA) is 48.0 Å². The number of carbonyl (C=O) groups is 1. The zero-order valence-electron chi connectivity index (χ0n) is 13.8. The fourth-order valence-corrected chi connectivity index (χ4v) is 3.67. The molecule has 25 heavy (non-hydrogen) atoms. The van der Waals surface area contributed by atoms with Gasteiger partial charge in [0.05, 0.1) is 37.1 Å². The van der Waals surface area contributed by atoms with Crippen LogP contribution in [0.4, 0.5) is 5.69 Å². The second-order valence-corrected chi connectivity index (χ2v) is 6.29. The summed E-state index contributed by atoms with van der Waals surface area (Å²) in [6, 6.07) is 13.1. The zero-order chi connectivity index (χ0) is 17.4. The SMILES string of the molecule is CCOc1ccccc1CN1C(=O)C2(OCCO2)c2cccc(Cl)c21. The van der Waals surface area contributed by atoms with Gasteiger partial charge in [-0.3, -0.25) is 4.79 Å². The Morgan fingerprint density at radius 3 is 2.68 bits per heavy atom. The maximum Gasteiger partial charge on any atom is 0.292 e. The first kappa shape index (κ1) is 16.4. The number of anilines is 1. The highest BCUT2D eigenvalue weighted by atomic mass is 35.5. The van der Waals surface area contributed by atoms with Gasteiger partial charge in [0.15, 0.2) is 0 Å². The Kier molecular flexibility index (Phi) is 4.15.